The number of nitrogens with one attached hydrogen (secondary N) is 2. The summed E-state index contributed by atoms with van der Waals surface area (Å²) in [7, 11) is 1.64. The molecule has 4 heteroatoms. The summed E-state index contributed by atoms with van der Waals surface area (Å²) < 4.78 is 0. The van der Waals surface area contributed by atoms with Crippen LogP contribution >= 0.6 is 0 Å². The monoisotopic (exact) mass is 281 g/mol. The van der Waals surface area contributed by atoms with Crippen molar-refractivity contribution in [2.45, 2.75) is 13.8 Å². The Balaban J connectivity index is 2.33. The molecule has 0 heterocycles. The number of amides is 1. The van der Waals surface area contributed by atoms with Crippen molar-refractivity contribution in [3.63, 3.8) is 0 Å². The van der Waals surface area contributed by atoms with Gasteiger partial charge in [-0.2, -0.15) is 5.26 Å². The number of hydrogen-bond acceptors (Lipinski definition) is 3. The maximum atomic E-state index is 11.8. The standard InChI is InChI=1S/C17H19N3O/c1-17(2,16(21)19-3)11-20-15-9-8-12(10-18)13-6-4-5-7-14(13)15/h4-9,20H,11H2,1-3H3,(H,19,21). The maximum absolute atomic E-state index is 11.8. The van der Waals surface area contributed by atoms with Crippen molar-refractivity contribution in [3.05, 3.63) is 42.0 Å². The summed E-state index contributed by atoms with van der Waals surface area (Å²) in [6, 6.07) is 13.7. The van der Waals surface area contributed by atoms with Gasteiger partial charge in [-0.25, -0.2) is 0 Å². The average Bonchev–Trinajstić information content (AvgIpc) is 2.51. The van der Waals surface area contributed by atoms with E-state index in [9.17, 15) is 4.79 Å². The van der Waals surface area contributed by atoms with E-state index in [0.29, 0.717) is 12.1 Å². The molecule has 0 atom stereocenters. The van der Waals surface area contributed by atoms with E-state index in [1.807, 2.05) is 44.2 Å². The van der Waals surface area contributed by atoms with Crippen molar-refractivity contribution in [3.8, 4) is 6.07 Å². The first-order chi connectivity index (χ1) is 9.99. The molecule has 0 saturated heterocycles. The van der Waals surface area contributed by atoms with E-state index in [1.54, 1.807) is 13.1 Å². The highest BCUT2D eigenvalue weighted by molar-refractivity contribution is 5.97. The number of anilines is 1. The largest absolute Gasteiger partial charge is 0.383 e. The van der Waals surface area contributed by atoms with Gasteiger partial charge in [0.05, 0.1) is 17.0 Å². The lowest BCUT2D eigenvalue weighted by Crippen LogP contribution is -2.39. The molecule has 2 aromatic carbocycles. The molecule has 0 fully saturated rings. The van der Waals surface area contributed by atoms with Gasteiger partial charge in [-0.15, -0.1) is 0 Å². The Morgan fingerprint density at radius 1 is 1.19 bits per heavy atom. The summed E-state index contributed by atoms with van der Waals surface area (Å²) in [5, 5.41) is 17.1. The van der Waals surface area contributed by atoms with Gasteiger partial charge in [0.15, 0.2) is 0 Å². The van der Waals surface area contributed by atoms with Crippen LogP contribution in [0.2, 0.25) is 0 Å². The van der Waals surface area contributed by atoms with E-state index >= 15 is 0 Å². The van der Waals surface area contributed by atoms with Crippen molar-refractivity contribution in [1.82, 2.24) is 5.32 Å². The molecule has 4 nitrogen and oxygen atoms in total. The lowest BCUT2D eigenvalue weighted by molar-refractivity contribution is -0.128. The fraction of sp³-hybridized carbons (Fsp3) is 0.294. The third kappa shape index (κ3) is 2.97. The number of fused-ring (bicyclic) bond motifs is 1. The zero-order chi connectivity index (χ0) is 15.5. The number of nitriles is 1. The summed E-state index contributed by atoms with van der Waals surface area (Å²) in [5.41, 5.74) is 1.08. The van der Waals surface area contributed by atoms with Crippen LogP contribution in [-0.4, -0.2) is 19.5 Å². The molecule has 2 aromatic rings. The van der Waals surface area contributed by atoms with Gasteiger partial charge >= 0.3 is 0 Å². The molecule has 0 spiro atoms. The second kappa shape index (κ2) is 5.84. The molecule has 0 aliphatic heterocycles. The van der Waals surface area contributed by atoms with Crippen LogP contribution in [0, 0.1) is 16.7 Å². The molecule has 0 saturated carbocycles. The number of hydrogen-bond donors (Lipinski definition) is 2. The zero-order valence-corrected chi connectivity index (χ0v) is 12.5. The normalized spacial score (nSPS) is 11.0. The minimum absolute atomic E-state index is 0.00653. The maximum Gasteiger partial charge on any atom is 0.227 e. The number of benzene rings is 2. The topological polar surface area (TPSA) is 64.9 Å². The smallest absolute Gasteiger partial charge is 0.227 e. The van der Waals surface area contributed by atoms with Gasteiger partial charge in [-0.05, 0) is 26.0 Å². The molecule has 0 unspecified atom stereocenters. The summed E-state index contributed by atoms with van der Waals surface area (Å²) in [6.07, 6.45) is 0. The van der Waals surface area contributed by atoms with E-state index < -0.39 is 5.41 Å². The van der Waals surface area contributed by atoms with Crippen molar-refractivity contribution in [2.75, 3.05) is 18.9 Å². The first kappa shape index (κ1) is 14.9. The highest BCUT2D eigenvalue weighted by Crippen LogP contribution is 2.27. The summed E-state index contributed by atoms with van der Waals surface area (Å²) in [4.78, 5) is 11.8. The third-order valence-electron chi connectivity index (χ3n) is 3.61. The minimum Gasteiger partial charge on any atom is -0.383 e. The predicted molar refractivity (Wildman–Crippen MR) is 85.0 cm³/mol. The first-order valence-electron chi connectivity index (χ1n) is 6.87. The van der Waals surface area contributed by atoms with Gasteiger partial charge in [-0.3, -0.25) is 4.79 Å². The molecular weight excluding hydrogens is 262 g/mol. The second-order valence-electron chi connectivity index (χ2n) is 5.63. The second-order valence-corrected chi connectivity index (χ2v) is 5.63. The predicted octanol–water partition coefficient (Wildman–Crippen LogP) is 2.90. The van der Waals surface area contributed by atoms with Crippen molar-refractivity contribution < 1.29 is 4.79 Å². The van der Waals surface area contributed by atoms with E-state index in [1.165, 1.54) is 0 Å². The van der Waals surface area contributed by atoms with E-state index in [-0.39, 0.29) is 5.91 Å². The highest BCUT2D eigenvalue weighted by atomic mass is 16.2. The summed E-state index contributed by atoms with van der Waals surface area (Å²) >= 11 is 0. The van der Waals surface area contributed by atoms with E-state index in [2.05, 4.69) is 16.7 Å². The summed E-state index contributed by atoms with van der Waals surface area (Å²) in [5.74, 6) is -0.00653. The number of carbonyl (C=O) groups excluding carboxylic acids is 1. The van der Waals surface area contributed by atoms with Crippen LogP contribution in [-0.2, 0) is 4.79 Å². The SMILES string of the molecule is CNC(=O)C(C)(C)CNc1ccc(C#N)c2ccccc12. The van der Waals surface area contributed by atoms with Gasteiger partial charge < -0.3 is 10.6 Å². The molecule has 0 radical (unpaired) electrons. The van der Waals surface area contributed by atoms with Crippen molar-refractivity contribution >= 4 is 22.4 Å². The molecular formula is C17H19N3O. The zero-order valence-electron chi connectivity index (χ0n) is 12.5. The number of rotatable bonds is 4. The quantitative estimate of drug-likeness (QED) is 0.905. The minimum atomic E-state index is -0.510. The van der Waals surface area contributed by atoms with Crippen LogP contribution in [0.1, 0.15) is 19.4 Å². The van der Waals surface area contributed by atoms with Crippen LogP contribution in [0.5, 0.6) is 0 Å². The molecule has 1 amide bonds. The Bertz CT molecular complexity index is 714. The molecule has 2 rings (SSSR count). The molecule has 0 aromatic heterocycles. The number of carbonyl (C=O) groups is 1. The molecule has 0 aliphatic rings. The molecule has 108 valence electrons. The Hall–Kier alpha value is -2.54. The highest BCUT2D eigenvalue weighted by Gasteiger charge is 2.26. The van der Waals surface area contributed by atoms with Crippen LogP contribution < -0.4 is 10.6 Å². The van der Waals surface area contributed by atoms with Crippen molar-refractivity contribution in [2.24, 2.45) is 5.41 Å². The van der Waals surface area contributed by atoms with Gasteiger partial charge in [-0.1, -0.05) is 24.3 Å². The van der Waals surface area contributed by atoms with Gasteiger partial charge in [0.1, 0.15) is 0 Å². The third-order valence-corrected chi connectivity index (χ3v) is 3.61. The molecule has 0 aliphatic carbocycles. The lowest BCUT2D eigenvalue weighted by Gasteiger charge is -2.24. The Morgan fingerprint density at radius 3 is 2.48 bits per heavy atom. The molecule has 21 heavy (non-hydrogen) atoms. The van der Waals surface area contributed by atoms with Crippen LogP contribution in [0.4, 0.5) is 5.69 Å². The fourth-order valence-electron chi connectivity index (χ4n) is 2.29. The van der Waals surface area contributed by atoms with Crippen LogP contribution in [0.15, 0.2) is 36.4 Å². The van der Waals surface area contributed by atoms with Gasteiger partial charge in [0.2, 0.25) is 5.91 Å². The Morgan fingerprint density at radius 2 is 1.86 bits per heavy atom. The van der Waals surface area contributed by atoms with Gasteiger partial charge in [0.25, 0.3) is 0 Å². The van der Waals surface area contributed by atoms with Crippen LogP contribution in [0.3, 0.4) is 0 Å². The number of nitrogens with zero attached hydrogens (tertiary/aromatic N) is 1. The van der Waals surface area contributed by atoms with E-state index in [0.717, 1.165) is 16.5 Å². The summed E-state index contributed by atoms with van der Waals surface area (Å²) in [6.45, 7) is 4.30. The van der Waals surface area contributed by atoms with E-state index in [4.69, 9.17) is 5.26 Å². The first-order valence-corrected chi connectivity index (χ1v) is 6.87. The Kier molecular flexibility index (Phi) is 4.13. The molecule has 2 N–H and O–H groups in total. The van der Waals surface area contributed by atoms with Crippen molar-refractivity contribution in [1.29, 1.82) is 5.26 Å². The fourth-order valence-corrected chi connectivity index (χ4v) is 2.29. The lowest BCUT2D eigenvalue weighted by atomic mass is 9.92. The Labute approximate surface area is 124 Å². The van der Waals surface area contributed by atoms with Crippen LogP contribution in [0.25, 0.3) is 10.8 Å². The average molecular weight is 281 g/mol. The van der Waals surface area contributed by atoms with Gasteiger partial charge in [0, 0.05) is 30.1 Å². The molecule has 0 bridgehead atoms.